The Balaban J connectivity index is 1.74. The van der Waals surface area contributed by atoms with Gasteiger partial charge >= 0.3 is 0 Å². The lowest BCUT2D eigenvalue weighted by Gasteiger charge is -2.08. The van der Waals surface area contributed by atoms with Crippen molar-refractivity contribution in [1.29, 1.82) is 0 Å². The summed E-state index contributed by atoms with van der Waals surface area (Å²) >= 11 is 6.18. The lowest BCUT2D eigenvalue weighted by Crippen LogP contribution is -2.29. The first-order valence-electron chi connectivity index (χ1n) is 8.46. The molecule has 0 fully saturated rings. The summed E-state index contributed by atoms with van der Waals surface area (Å²) in [6, 6.07) is 10.1. The molecule has 1 amide bonds. The van der Waals surface area contributed by atoms with Gasteiger partial charge in [0, 0.05) is 18.1 Å². The molecule has 1 aromatic carbocycles. The van der Waals surface area contributed by atoms with Crippen molar-refractivity contribution in [1.82, 2.24) is 25.0 Å². The molecule has 0 unspecified atom stereocenters. The van der Waals surface area contributed by atoms with E-state index >= 15 is 0 Å². The van der Waals surface area contributed by atoms with Gasteiger partial charge in [-0.25, -0.2) is 4.68 Å². The van der Waals surface area contributed by atoms with E-state index in [2.05, 4.69) is 39.4 Å². The quantitative estimate of drug-likeness (QED) is 0.677. The maximum atomic E-state index is 12.2. The van der Waals surface area contributed by atoms with E-state index in [4.69, 9.17) is 11.6 Å². The van der Waals surface area contributed by atoms with Gasteiger partial charge in [-0.05, 0) is 18.1 Å². The van der Waals surface area contributed by atoms with Crippen molar-refractivity contribution in [2.45, 2.75) is 26.8 Å². The van der Waals surface area contributed by atoms with Gasteiger partial charge in [0.1, 0.15) is 12.4 Å². The summed E-state index contributed by atoms with van der Waals surface area (Å²) in [5.41, 5.74) is 0.794. The number of nitrogens with zero attached hydrogens (tertiary/aromatic N) is 4. The third-order valence-corrected chi connectivity index (χ3v) is 4.02. The number of aromatic amines is 1. The fourth-order valence-corrected chi connectivity index (χ4v) is 2.74. The molecule has 0 aliphatic carbocycles. The number of H-pyrrole nitrogens is 1. The van der Waals surface area contributed by atoms with E-state index in [1.807, 2.05) is 6.07 Å². The summed E-state index contributed by atoms with van der Waals surface area (Å²) in [5, 5.41) is 14.1. The predicted octanol–water partition coefficient (Wildman–Crippen LogP) is 2.52. The van der Waals surface area contributed by atoms with Crippen LogP contribution in [-0.4, -0.2) is 30.9 Å². The van der Waals surface area contributed by atoms with Gasteiger partial charge in [0.2, 0.25) is 11.9 Å². The zero-order chi connectivity index (χ0) is 19.4. The molecule has 27 heavy (non-hydrogen) atoms. The molecule has 140 valence electrons. The van der Waals surface area contributed by atoms with Crippen LogP contribution in [0.5, 0.6) is 0 Å². The van der Waals surface area contributed by atoms with Crippen LogP contribution >= 0.6 is 11.6 Å². The highest BCUT2D eigenvalue weighted by molar-refractivity contribution is 6.33. The number of amides is 1. The highest BCUT2D eigenvalue weighted by Crippen LogP contribution is 2.24. The van der Waals surface area contributed by atoms with Crippen molar-refractivity contribution in [3.8, 4) is 11.3 Å². The Bertz CT molecular complexity index is 1010. The number of nitrogens with one attached hydrogen (secondary N) is 2. The monoisotopic (exact) mass is 386 g/mol. The molecule has 0 aliphatic heterocycles. The number of aromatic nitrogens is 5. The highest BCUT2D eigenvalue weighted by atomic mass is 35.5. The molecule has 3 aromatic rings. The van der Waals surface area contributed by atoms with Crippen molar-refractivity contribution in [2.24, 2.45) is 5.92 Å². The summed E-state index contributed by atoms with van der Waals surface area (Å²) in [6.07, 6.45) is 0.726. The molecule has 8 nitrogen and oxygen atoms in total. The summed E-state index contributed by atoms with van der Waals surface area (Å²) in [7, 11) is 0. The second kappa shape index (κ2) is 8.13. The molecular weight excluding hydrogens is 368 g/mol. The molecule has 0 saturated heterocycles. The normalized spacial score (nSPS) is 11.0. The molecule has 2 aromatic heterocycles. The predicted molar refractivity (Wildman–Crippen MR) is 102 cm³/mol. The largest absolute Gasteiger partial charge is 0.292 e. The van der Waals surface area contributed by atoms with E-state index in [0.717, 1.165) is 11.1 Å². The molecule has 2 N–H and O–H groups in total. The van der Waals surface area contributed by atoms with Crippen molar-refractivity contribution in [3.63, 3.8) is 0 Å². The van der Waals surface area contributed by atoms with Crippen LogP contribution in [0.15, 0.2) is 41.2 Å². The van der Waals surface area contributed by atoms with Gasteiger partial charge in [-0.1, -0.05) is 43.6 Å². The second-order valence-corrected chi connectivity index (χ2v) is 6.85. The van der Waals surface area contributed by atoms with Crippen molar-refractivity contribution < 1.29 is 4.79 Å². The van der Waals surface area contributed by atoms with Crippen molar-refractivity contribution in [2.75, 3.05) is 5.32 Å². The van der Waals surface area contributed by atoms with E-state index in [9.17, 15) is 9.59 Å². The number of anilines is 1. The maximum Gasteiger partial charge on any atom is 0.267 e. The summed E-state index contributed by atoms with van der Waals surface area (Å²) in [5.74, 6) is 0.829. The average Bonchev–Trinajstić information content (AvgIpc) is 3.03. The van der Waals surface area contributed by atoms with Crippen LogP contribution < -0.4 is 10.9 Å². The number of carbonyl (C=O) groups is 1. The van der Waals surface area contributed by atoms with E-state index < -0.39 is 11.5 Å². The fourth-order valence-electron chi connectivity index (χ4n) is 2.50. The smallest absolute Gasteiger partial charge is 0.267 e. The Labute approximate surface area is 160 Å². The van der Waals surface area contributed by atoms with Crippen LogP contribution in [-0.2, 0) is 17.8 Å². The lowest BCUT2D eigenvalue weighted by molar-refractivity contribution is -0.117. The van der Waals surface area contributed by atoms with Gasteiger partial charge in [-0.15, -0.1) is 5.10 Å². The highest BCUT2D eigenvalue weighted by Gasteiger charge is 2.12. The van der Waals surface area contributed by atoms with Gasteiger partial charge in [0.05, 0.1) is 10.7 Å². The van der Waals surface area contributed by atoms with Gasteiger partial charge in [-0.3, -0.25) is 20.0 Å². The molecule has 9 heteroatoms. The van der Waals surface area contributed by atoms with Gasteiger partial charge < -0.3 is 0 Å². The number of halogens is 1. The lowest BCUT2D eigenvalue weighted by atomic mass is 10.1. The molecule has 0 spiro atoms. The van der Waals surface area contributed by atoms with Crippen molar-refractivity contribution in [3.05, 3.63) is 57.6 Å². The second-order valence-electron chi connectivity index (χ2n) is 6.45. The van der Waals surface area contributed by atoms with Crippen LogP contribution in [0.2, 0.25) is 5.02 Å². The number of hydrogen-bond donors (Lipinski definition) is 2. The van der Waals surface area contributed by atoms with E-state index in [0.29, 0.717) is 28.0 Å². The molecule has 0 aliphatic rings. The van der Waals surface area contributed by atoms with Gasteiger partial charge in [0.15, 0.2) is 0 Å². The third kappa shape index (κ3) is 4.79. The van der Waals surface area contributed by atoms with E-state index in [1.165, 1.54) is 6.07 Å². The first-order chi connectivity index (χ1) is 12.9. The molecule has 0 saturated carbocycles. The van der Waals surface area contributed by atoms with Crippen LogP contribution in [0.3, 0.4) is 0 Å². The first-order valence-corrected chi connectivity index (χ1v) is 8.84. The molecular formula is C18H19ClN6O2. The standard InChI is InChI=1S/C18H19ClN6O2/c1-11(2)9-15-20-18(23-22-15)21-16(26)10-25-17(27)8-7-14(24-25)12-5-3-4-6-13(12)19/h3-8,11H,9-10H2,1-2H3,(H2,20,21,22,23,26). The Kier molecular flexibility index (Phi) is 5.66. The van der Waals surface area contributed by atoms with E-state index in [-0.39, 0.29) is 12.5 Å². The van der Waals surface area contributed by atoms with Crippen LogP contribution in [0, 0.1) is 5.92 Å². The topological polar surface area (TPSA) is 106 Å². The number of benzene rings is 1. The Hall–Kier alpha value is -3.00. The molecule has 0 atom stereocenters. The zero-order valence-electron chi connectivity index (χ0n) is 14.9. The van der Waals surface area contributed by atoms with Gasteiger partial charge in [-0.2, -0.15) is 10.1 Å². The molecule has 2 heterocycles. The average molecular weight is 387 g/mol. The number of rotatable bonds is 6. The molecule has 0 radical (unpaired) electrons. The van der Waals surface area contributed by atoms with Gasteiger partial charge in [0.25, 0.3) is 5.56 Å². The first kappa shape index (κ1) is 18.8. The van der Waals surface area contributed by atoms with Crippen molar-refractivity contribution >= 4 is 23.5 Å². The minimum atomic E-state index is -0.448. The van der Waals surface area contributed by atoms with Crippen LogP contribution in [0.1, 0.15) is 19.7 Å². The number of hydrogen-bond acceptors (Lipinski definition) is 5. The molecule has 3 rings (SSSR count). The minimum Gasteiger partial charge on any atom is -0.292 e. The summed E-state index contributed by atoms with van der Waals surface area (Å²) < 4.78 is 1.08. The summed E-state index contributed by atoms with van der Waals surface area (Å²) in [4.78, 5) is 28.5. The third-order valence-electron chi connectivity index (χ3n) is 3.69. The summed E-state index contributed by atoms with van der Waals surface area (Å²) in [6.45, 7) is 3.86. The Morgan fingerprint density at radius 3 is 2.78 bits per heavy atom. The zero-order valence-corrected chi connectivity index (χ0v) is 15.7. The van der Waals surface area contributed by atoms with Crippen LogP contribution in [0.25, 0.3) is 11.3 Å². The van der Waals surface area contributed by atoms with E-state index in [1.54, 1.807) is 24.3 Å². The van der Waals surface area contributed by atoms with Crippen LogP contribution in [0.4, 0.5) is 5.95 Å². The Morgan fingerprint density at radius 1 is 1.26 bits per heavy atom. The maximum absolute atomic E-state index is 12.2. The number of carbonyl (C=O) groups excluding carboxylic acids is 1. The Morgan fingerprint density at radius 2 is 2.04 bits per heavy atom. The SMILES string of the molecule is CC(C)Cc1nc(NC(=O)Cn2nc(-c3ccccc3Cl)ccc2=O)n[nH]1. The minimum absolute atomic E-state index is 0.172. The molecule has 0 bridgehead atoms. The fraction of sp³-hybridized carbons (Fsp3) is 0.278.